The lowest BCUT2D eigenvalue weighted by molar-refractivity contribution is 0.0598. The van der Waals surface area contributed by atoms with Crippen molar-refractivity contribution in [2.24, 2.45) is 0 Å². The number of hydrogen-bond donors (Lipinski definition) is 1. The molecule has 186 valence electrons. The molecule has 1 saturated heterocycles. The van der Waals surface area contributed by atoms with E-state index in [2.05, 4.69) is 58.7 Å². The van der Waals surface area contributed by atoms with Crippen LogP contribution in [0.3, 0.4) is 0 Å². The van der Waals surface area contributed by atoms with Gasteiger partial charge >= 0.3 is 0 Å². The molecule has 37 heavy (non-hydrogen) atoms. The highest BCUT2D eigenvalue weighted by Crippen LogP contribution is 2.30. The fourth-order valence-electron chi connectivity index (χ4n) is 5.00. The Hall–Kier alpha value is -4.22. The number of piperazine rings is 1. The van der Waals surface area contributed by atoms with Crippen molar-refractivity contribution in [1.82, 2.24) is 9.80 Å². The molecule has 0 unspecified atom stereocenters. The van der Waals surface area contributed by atoms with Gasteiger partial charge in [-0.3, -0.25) is 14.5 Å². The molecule has 1 N–H and O–H groups in total. The maximum atomic E-state index is 13.6. The van der Waals surface area contributed by atoms with Gasteiger partial charge in [-0.2, -0.15) is 0 Å². The maximum absolute atomic E-state index is 13.6. The zero-order valence-electron chi connectivity index (χ0n) is 21.0. The standard InChI is InChI=1S/C32H31N3O2/c1-24-11-10-16-27(23-24)31(36)33-29-18-9-8-17-28(29)32(37)35-21-19-34(20-22-35)30(25-12-4-2-5-13-25)26-14-6-3-7-15-26/h2-18,23,30H,19-22H2,1H3,(H,33,36). The first kappa shape index (κ1) is 24.5. The van der Waals surface area contributed by atoms with Crippen LogP contribution in [-0.4, -0.2) is 47.8 Å². The highest BCUT2D eigenvalue weighted by molar-refractivity contribution is 6.09. The van der Waals surface area contributed by atoms with Gasteiger partial charge in [-0.1, -0.05) is 90.5 Å². The van der Waals surface area contributed by atoms with E-state index in [0.717, 1.165) is 18.7 Å². The lowest BCUT2D eigenvalue weighted by atomic mass is 9.96. The minimum Gasteiger partial charge on any atom is -0.336 e. The molecule has 4 aromatic carbocycles. The van der Waals surface area contributed by atoms with Gasteiger partial charge in [-0.25, -0.2) is 0 Å². The van der Waals surface area contributed by atoms with Gasteiger partial charge < -0.3 is 10.2 Å². The number of anilines is 1. The summed E-state index contributed by atoms with van der Waals surface area (Å²) in [4.78, 5) is 30.8. The summed E-state index contributed by atoms with van der Waals surface area (Å²) in [5.41, 5.74) is 5.13. The molecular weight excluding hydrogens is 458 g/mol. The lowest BCUT2D eigenvalue weighted by Gasteiger charge is -2.40. The second-order valence-electron chi connectivity index (χ2n) is 9.42. The van der Waals surface area contributed by atoms with E-state index < -0.39 is 0 Å². The first-order valence-corrected chi connectivity index (χ1v) is 12.7. The molecule has 0 aromatic heterocycles. The van der Waals surface area contributed by atoms with Crippen molar-refractivity contribution in [3.05, 3.63) is 137 Å². The SMILES string of the molecule is Cc1cccc(C(=O)Nc2ccccc2C(=O)N2CCN(C(c3ccccc3)c3ccccc3)CC2)c1. The average molecular weight is 490 g/mol. The molecule has 1 heterocycles. The molecule has 0 spiro atoms. The number of nitrogens with zero attached hydrogens (tertiary/aromatic N) is 2. The number of rotatable bonds is 6. The van der Waals surface area contributed by atoms with Crippen molar-refractivity contribution in [2.75, 3.05) is 31.5 Å². The highest BCUT2D eigenvalue weighted by Gasteiger charge is 2.29. The first-order valence-electron chi connectivity index (χ1n) is 12.7. The third kappa shape index (κ3) is 5.63. The molecule has 1 aliphatic heterocycles. The molecular formula is C32H31N3O2. The molecule has 0 aliphatic carbocycles. The highest BCUT2D eigenvalue weighted by atomic mass is 16.2. The van der Waals surface area contributed by atoms with Crippen LogP contribution in [0.4, 0.5) is 5.69 Å². The van der Waals surface area contributed by atoms with E-state index in [1.165, 1.54) is 11.1 Å². The molecule has 1 aliphatic rings. The molecule has 5 heteroatoms. The van der Waals surface area contributed by atoms with E-state index in [1.54, 1.807) is 18.2 Å². The Kier molecular flexibility index (Phi) is 7.43. The summed E-state index contributed by atoms with van der Waals surface area (Å²) in [6, 6.07) is 35.9. The zero-order valence-corrected chi connectivity index (χ0v) is 21.0. The van der Waals surface area contributed by atoms with Crippen LogP contribution >= 0.6 is 0 Å². The molecule has 0 bridgehead atoms. The molecule has 0 atom stereocenters. The minimum absolute atomic E-state index is 0.0595. The van der Waals surface area contributed by atoms with Crippen LogP contribution < -0.4 is 5.32 Å². The monoisotopic (exact) mass is 489 g/mol. The molecule has 1 fully saturated rings. The molecule has 5 rings (SSSR count). The van der Waals surface area contributed by atoms with E-state index >= 15 is 0 Å². The first-order chi connectivity index (χ1) is 18.1. The lowest BCUT2D eigenvalue weighted by Crippen LogP contribution is -2.50. The molecule has 2 amide bonds. The summed E-state index contributed by atoms with van der Waals surface area (Å²) >= 11 is 0. The summed E-state index contributed by atoms with van der Waals surface area (Å²) < 4.78 is 0. The van der Waals surface area contributed by atoms with Crippen molar-refractivity contribution in [1.29, 1.82) is 0 Å². The molecule has 5 nitrogen and oxygen atoms in total. The average Bonchev–Trinajstić information content (AvgIpc) is 2.95. The smallest absolute Gasteiger partial charge is 0.256 e. The van der Waals surface area contributed by atoms with Gasteiger partial charge in [0.05, 0.1) is 17.3 Å². The second kappa shape index (κ2) is 11.2. The summed E-state index contributed by atoms with van der Waals surface area (Å²) in [7, 11) is 0. The van der Waals surface area contributed by atoms with Crippen LogP contribution in [0, 0.1) is 6.92 Å². The molecule has 4 aromatic rings. The van der Waals surface area contributed by atoms with Gasteiger partial charge in [-0.15, -0.1) is 0 Å². The summed E-state index contributed by atoms with van der Waals surface area (Å²) in [5, 5.41) is 2.95. The van der Waals surface area contributed by atoms with Crippen LogP contribution in [-0.2, 0) is 0 Å². The summed E-state index contributed by atoms with van der Waals surface area (Å²) in [5.74, 6) is -0.280. The Balaban J connectivity index is 1.30. The largest absolute Gasteiger partial charge is 0.336 e. The van der Waals surface area contributed by atoms with E-state index in [0.29, 0.717) is 29.9 Å². The predicted octanol–water partition coefficient (Wildman–Crippen LogP) is 5.79. The van der Waals surface area contributed by atoms with Gasteiger partial charge in [0.1, 0.15) is 0 Å². The van der Waals surface area contributed by atoms with E-state index in [4.69, 9.17) is 0 Å². The number of hydrogen-bond acceptors (Lipinski definition) is 3. The van der Waals surface area contributed by atoms with E-state index in [9.17, 15) is 9.59 Å². The van der Waals surface area contributed by atoms with Crippen molar-refractivity contribution < 1.29 is 9.59 Å². The van der Waals surface area contributed by atoms with Gasteiger partial charge in [0.15, 0.2) is 0 Å². The Morgan fingerprint density at radius 1 is 0.703 bits per heavy atom. The molecule has 0 saturated carbocycles. The van der Waals surface area contributed by atoms with Crippen LogP contribution in [0.5, 0.6) is 0 Å². The zero-order chi connectivity index (χ0) is 25.6. The molecule has 0 radical (unpaired) electrons. The van der Waals surface area contributed by atoms with Gasteiger partial charge in [-0.05, 0) is 42.3 Å². The quantitative estimate of drug-likeness (QED) is 0.373. The number of aryl methyl sites for hydroxylation is 1. The third-order valence-corrected chi connectivity index (χ3v) is 6.88. The topological polar surface area (TPSA) is 52.7 Å². The van der Waals surface area contributed by atoms with Crippen molar-refractivity contribution in [3.63, 3.8) is 0 Å². The normalized spacial score (nSPS) is 13.9. The van der Waals surface area contributed by atoms with Crippen LogP contribution in [0.2, 0.25) is 0 Å². The fraction of sp³-hybridized carbons (Fsp3) is 0.188. The van der Waals surface area contributed by atoms with E-state index in [-0.39, 0.29) is 17.9 Å². The van der Waals surface area contributed by atoms with Gasteiger partial charge in [0.2, 0.25) is 0 Å². The summed E-state index contributed by atoms with van der Waals surface area (Å²) in [6.07, 6.45) is 0. The number of nitrogens with one attached hydrogen (secondary N) is 1. The minimum atomic E-state index is -0.220. The Bertz CT molecular complexity index is 1320. The van der Waals surface area contributed by atoms with Gasteiger partial charge in [0, 0.05) is 31.7 Å². The fourth-order valence-corrected chi connectivity index (χ4v) is 5.00. The van der Waals surface area contributed by atoms with Crippen LogP contribution in [0.25, 0.3) is 0 Å². The maximum Gasteiger partial charge on any atom is 0.256 e. The number of carbonyl (C=O) groups excluding carboxylic acids is 2. The Labute approximate surface area is 218 Å². The van der Waals surface area contributed by atoms with Gasteiger partial charge in [0.25, 0.3) is 11.8 Å². The Morgan fingerprint density at radius 2 is 1.30 bits per heavy atom. The summed E-state index contributed by atoms with van der Waals surface area (Å²) in [6.45, 7) is 4.72. The van der Waals surface area contributed by atoms with E-state index in [1.807, 2.05) is 54.3 Å². The predicted molar refractivity (Wildman–Crippen MR) is 148 cm³/mol. The number of amides is 2. The number of benzene rings is 4. The van der Waals surface area contributed by atoms with Crippen LogP contribution in [0.15, 0.2) is 109 Å². The van der Waals surface area contributed by atoms with Crippen molar-refractivity contribution in [2.45, 2.75) is 13.0 Å². The third-order valence-electron chi connectivity index (χ3n) is 6.88. The van der Waals surface area contributed by atoms with Crippen molar-refractivity contribution in [3.8, 4) is 0 Å². The Morgan fingerprint density at radius 3 is 1.92 bits per heavy atom. The van der Waals surface area contributed by atoms with Crippen molar-refractivity contribution >= 4 is 17.5 Å². The van der Waals surface area contributed by atoms with Crippen LogP contribution in [0.1, 0.15) is 43.4 Å². The second-order valence-corrected chi connectivity index (χ2v) is 9.42. The number of para-hydroxylation sites is 1. The number of carbonyl (C=O) groups is 2.